The lowest BCUT2D eigenvalue weighted by molar-refractivity contribution is 0.584. The van der Waals surface area contributed by atoms with Crippen LogP contribution < -0.4 is 10.2 Å². The van der Waals surface area contributed by atoms with Gasteiger partial charge < -0.3 is 10.2 Å². The monoisotopic (exact) mass is 288 g/mol. The molecule has 1 aliphatic heterocycles. The topological polar surface area (TPSA) is 41.0 Å². The van der Waals surface area contributed by atoms with E-state index in [4.69, 9.17) is 9.97 Å². The number of anilines is 1. The summed E-state index contributed by atoms with van der Waals surface area (Å²) in [5.74, 6) is 1.95. The van der Waals surface area contributed by atoms with Crippen molar-refractivity contribution in [3.63, 3.8) is 0 Å². The van der Waals surface area contributed by atoms with E-state index in [1.54, 1.807) is 11.3 Å². The molecule has 3 rings (SSSR count). The van der Waals surface area contributed by atoms with Gasteiger partial charge in [-0.2, -0.15) is 0 Å². The zero-order chi connectivity index (χ0) is 13.8. The molecular formula is C15H20N4S. The van der Waals surface area contributed by atoms with Gasteiger partial charge in [0.2, 0.25) is 0 Å². The number of nitrogens with one attached hydrogen (secondary N) is 1. The van der Waals surface area contributed by atoms with Crippen LogP contribution in [0.25, 0.3) is 10.7 Å². The fourth-order valence-corrected chi connectivity index (χ4v) is 3.10. The van der Waals surface area contributed by atoms with Crippen LogP contribution in [0.4, 0.5) is 5.82 Å². The SMILES string of the molecule is CCCc1cc(N2CCNCC2)nc(-c2cccs2)n1. The Labute approximate surface area is 123 Å². The number of rotatable bonds is 4. The molecule has 1 N–H and O–H groups in total. The van der Waals surface area contributed by atoms with Crippen LogP contribution in [0.2, 0.25) is 0 Å². The number of hydrogen-bond donors (Lipinski definition) is 1. The largest absolute Gasteiger partial charge is 0.354 e. The summed E-state index contributed by atoms with van der Waals surface area (Å²) < 4.78 is 0. The van der Waals surface area contributed by atoms with E-state index in [2.05, 4.69) is 40.7 Å². The molecule has 0 radical (unpaired) electrons. The van der Waals surface area contributed by atoms with Crippen molar-refractivity contribution >= 4 is 17.2 Å². The molecule has 2 aromatic heterocycles. The second-order valence-corrected chi connectivity index (χ2v) is 5.95. The van der Waals surface area contributed by atoms with Crippen LogP contribution in [-0.2, 0) is 6.42 Å². The van der Waals surface area contributed by atoms with Crippen LogP contribution in [0, 0.1) is 0 Å². The van der Waals surface area contributed by atoms with E-state index in [0.717, 1.165) is 61.2 Å². The van der Waals surface area contributed by atoms with Crippen molar-refractivity contribution in [3.8, 4) is 10.7 Å². The van der Waals surface area contributed by atoms with E-state index in [1.165, 1.54) is 0 Å². The van der Waals surface area contributed by atoms with Crippen molar-refractivity contribution in [1.29, 1.82) is 0 Å². The van der Waals surface area contributed by atoms with E-state index in [0.29, 0.717) is 0 Å². The van der Waals surface area contributed by atoms with Gasteiger partial charge in [0.15, 0.2) is 5.82 Å². The van der Waals surface area contributed by atoms with Crippen LogP contribution in [0.5, 0.6) is 0 Å². The van der Waals surface area contributed by atoms with E-state index >= 15 is 0 Å². The molecular weight excluding hydrogens is 268 g/mol. The zero-order valence-electron chi connectivity index (χ0n) is 11.8. The molecule has 0 aromatic carbocycles. The van der Waals surface area contributed by atoms with Gasteiger partial charge in [-0.3, -0.25) is 0 Å². The van der Waals surface area contributed by atoms with Crippen LogP contribution in [0.15, 0.2) is 23.6 Å². The Kier molecular flexibility index (Phi) is 4.28. The predicted octanol–water partition coefficient (Wildman–Crippen LogP) is 2.57. The Morgan fingerprint density at radius 3 is 2.85 bits per heavy atom. The zero-order valence-corrected chi connectivity index (χ0v) is 12.6. The quantitative estimate of drug-likeness (QED) is 0.939. The highest BCUT2D eigenvalue weighted by Gasteiger charge is 2.15. The summed E-state index contributed by atoms with van der Waals surface area (Å²) >= 11 is 1.70. The molecule has 0 unspecified atom stereocenters. The Morgan fingerprint density at radius 2 is 2.15 bits per heavy atom. The number of aromatic nitrogens is 2. The van der Waals surface area contributed by atoms with Crippen LogP contribution in [-0.4, -0.2) is 36.1 Å². The Balaban J connectivity index is 1.95. The Bertz CT molecular complexity index is 547. The highest BCUT2D eigenvalue weighted by Crippen LogP contribution is 2.24. The van der Waals surface area contributed by atoms with Crippen LogP contribution in [0.3, 0.4) is 0 Å². The van der Waals surface area contributed by atoms with Crippen LogP contribution >= 0.6 is 11.3 Å². The van der Waals surface area contributed by atoms with E-state index < -0.39 is 0 Å². The molecule has 1 fully saturated rings. The third-order valence-corrected chi connectivity index (χ3v) is 4.32. The molecule has 0 amide bonds. The van der Waals surface area contributed by atoms with Crippen molar-refractivity contribution in [3.05, 3.63) is 29.3 Å². The molecule has 0 atom stereocenters. The van der Waals surface area contributed by atoms with Gasteiger partial charge in [0.05, 0.1) is 4.88 Å². The Hall–Kier alpha value is -1.46. The number of aryl methyl sites for hydroxylation is 1. The number of nitrogens with zero attached hydrogens (tertiary/aromatic N) is 3. The fraction of sp³-hybridized carbons (Fsp3) is 0.467. The van der Waals surface area contributed by atoms with E-state index in [-0.39, 0.29) is 0 Å². The predicted molar refractivity (Wildman–Crippen MR) is 84.4 cm³/mol. The number of piperazine rings is 1. The molecule has 20 heavy (non-hydrogen) atoms. The average Bonchev–Trinajstić information content (AvgIpc) is 3.02. The summed E-state index contributed by atoms with van der Waals surface area (Å²) in [6.07, 6.45) is 2.13. The minimum atomic E-state index is 0.875. The van der Waals surface area contributed by atoms with Gasteiger partial charge in [-0.05, 0) is 17.9 Å². The lowest BCUT2D eigenvalue weighted by atomic mass is 10.2. The summed E-state index contributed by atoms with van der Waals surface area (Å²) in [4.78, 5) is 13.0. The van der Waals surface area contributed by atoms with Crippen LogP contribution in [0.1, 0.15) is 19.0 Å². The third kappa shape index (κ3) is 2.99. The first-order valence-electron chi connectivity index (χ1n) is 7.24. The highest BCUT2D eigenvalue weighted by molar-refractivity contribution is 7.13. The molecule has 4 nitrogen and oxygen atoms in total. The van der Waals surface area contributed by atoms with Gasteiger partial charge in [-0.25, -0.2) is 9.97 Å². The average molecular weight is 288 g/mol. The second-order valence-electron chi connectivity index (χ2n) is 5.01. The molecule has 2 aromatic rings. The summed E-state index contributed by atoms with van der Waals surface area (Å²) in [6, 6.07) is 6.31. The molecule has 1 aliphatic rings. The lowest BCUT2D eigenvalue weighted by Gasteiger charge is -2.28. The molecule has 0 spiro atoms. The van der Waals surface area contributed by atoms with Gasteiger partial charge in [0, 0.05) is 37.9 Å². The molecule has 3 heterocycles. The molecule has 5 heteroatoms. The maximum Gasteiger partial charge on any atom is 0.171 e. The van der Waals surface area contributed by atoms with Crippen molar-refractivity contribution in [2.45, 2.75) is 19.8 Å². The first-order chi connectivity index (χ1) is 9.86. The molecule has 0 aliphatic carbocycles. The van der Waals surface area contributed by atoms with Gasteiger partial charge in [0.1, 0.15) is 5.82 Å². The Morgan fingerprint density at radius 1 is 1.30 bits per heavy atom. The van der Waals surface area contributed by atoms with Crippen molar-refractivity contribution in [2.24, 2.45) is 0 Å². The van der Waals surface area contributed by atoms with Gasteiger partial charge >= 0.3 is 0 Å². The number of thiophene rings is 1. The molecule has 106 valence electrons. The van der Waals surface area contributed by atoms with Crippen molar-refractivity contribution in [2.75, 3.05) is 31.1 Å². The van der Waals surface area contributed by atoms with E-state index in [9.17, 15) is 0 Å². The minimum Gasteiger partial charge on any atom is -0.354 e. The summed E-state index contributed by atoms with van der Waals surface area (Å²) in [5.41, 5.74) is 1.15. The van der Waals surface area contributed by atoms with Gasteiger partial charge in [0.25, 0.3) is 0 Å². The van der Waals surface area contributed by atoms with Gasteiger partial charge in [-0.1, -0.05) is 19.4 Å². The van der Waals surface area contributed by atoms with Crippen molar-refractivity contribution in [1.82, 2.24) is 15.3 Å². The smallest absolute Gasteiger partial charge is 0.171 e. The standard InChI is InChI=1S/C15H20N4S/c1-2-4-12-11-14(19-8-6-16-7-9-19)18-15(17-12)13-5-3-10-20-13/h3,5,10-11,16H,2,4,6-9H2,1H3. The third-order valence-electron chi connectivity index (χ3n) is 3.45. The first kappa shape index (κ1) is 13.5. The highest BCUT2D eigenvalue weighted by atomic mass is 32.1. The van der Waals surface area contributed by atoms with Crippen molar-refractivity contribution < 1.29 is 0 Å². The second kappa shape index (κ2) is 6.33. The maximum absolute atomic E-state index is 4.78. The fourth-order valence-electron chi connectivity index (χ4n) is 2.44. The van der Waals surface area contributed by atoms with E-state index in [1.807, 2.05) is 0 Å². The minimum absolute atomic E-state index is 0.875. The summed E-state index contributed by atoms with van der Waals surface area (Å²) in [5, 5.41) is 5.46. The molecule has 0 bridgehead atoms. The number of hydrogen-bond acceptors (Lipinski definition) is 5. The normalized spacial score (nSPS) is 15.6. The summed E-state index contributed by atoms with van der Waals surface area (Å²) in [6.45, 7) is 6.29. The first-order valence-corrected chi connectivity index (χ1v) is 8.12. The van der Waals surface area contributed by atoms with Gasteiger partial charge in [-0.15, -0.1) is 11.3 Å². The lowest BCUT2D eigenvalue weighted by Crippen LogP contribution is -2.44. The summed E-state index contributed by atoms with van der Waals surface area (Å²) in [7, 11) is 0. The molecule has 0 saturated carbocycles. The molecule has 1 saturated heterocycles. The maximum atomic E-state index is 4.78.